The predicted molar refractivity (Wildman–Crippen MR) is 77.7 cm³/mol. The van der Waals surface area contributed by atoms with Crippen LogP contribution in [0.3, 0.4) is 0 Å². The zero-order valence-electron chi connectivity index (χ0n) is 12.4. The van der Waals surface area contributed by atoms with Gasteiger partial charge in [0, 0.05) is 39.6 Å². The van der Waals surface area contributed by atoms with E-state index in [1.807, 2.05) is 6.92 Å². The van der Waals surface area contributed by atoms with Crippen molar-refractivity contribution in [2.24, 2.45) is 0 Å². The summed E-state index contributed by atoms with van der Waals surface area (Å²) in [4.78, 5) is 4.48. The number of hydrogen-bond donors (Lipinski definition) is 1. The van der Waals surface area contributed by atoms with E-state index in [0.29, 0.717) is 0 Å². The third kappa shape index (κ3) is 6.59. The molecule has 0 fully saturated rings. The van der Waals surface area contributed by atoms with E-state index in [1.54, 1.807) is 7.11 Å². The summed E-state index contributed by atoms with van der Waals surface area (Å²) in [6.45, 7) is 8.25. The fourth-order valence-corrected chi connectivity index (χ4v) is 1.82. The number of nitrogens with one attached hydrogen (secondary N) is 1. The lowest BCUT2D eigenvalue weighted by atomic mass is 10.4. The maximum atomic E-state index is 5.52. The molecule has 0 atom stereocenters. The van der Waals surface area contributed by atoms with Gasteiger partial charge in [0.25, 0.3) is 0 Å². The van der Waals surface area contributed by atoms with E-state index in [1.165, 1.54) is 6.42 Å². The summed E-state index contributed by atoms with van der Waals surface area (Å²) in [5.41, 5.74) is 1.03. The van der Waals surface area contributed by atoms with Crippen LogP contribution in [0.5, 0.6) is 0 Å². The number of methoxy groups -OCH3 is 1. The van der Waals surface area contributed by atoms with Gasteiger partial charge in [0.2, 0.25) is 5.95 Å². The number of aromatic nitrogens is 2. The first kappa shape index (κ1) is 16.0. The topological polar surface area (TPSA) is 48.3 Å². The van der Waals surface area contributed by atoms with Crippen molar-refractivity contribution >= 4 is 5.95 Å². The van der Waals surface area contributed by atoms with E-state index in [4.69, 9.17) is 9.47 Å². The molecule has 1 rings (SSSR count). The van der Waals surface area contributed by atoms with Gasteiger partial charge in [-0.15, -0.1) is 0 Å². The molecule has 0 unspecified atom stereocenters. The molecular weight excluding hydrogens is 242 g/mol. The Labute approximate surface area is 116 Å². The second kappa shape index (κ2) is 9.81. The standard InChI is InChI=1S/C14H27N3O2/c1-4-5-10-19-11-7-15-14-16-13(2)12-17(14)8-6-9-18-3/h12H,4-11H2,1-3H3,(H,15,16). The molecule has 0 spiro atoms. The van der Waals surface area contributed by atoms with Crippen molar-refractivity contribution in [1.29, 1.82) is 0 Å². The number of hydrogen-bond acceptors (Lipinski definition) is 4. The maximum Gasteiger partial charge on any atom is 0.203 e. The van der Waals surface area contributed by atoms with Gasteiger partial charge in [-0.1, -0.05) is 13.3 Å². The maximum absolute atomic E-state index is 5.52. The van der Waals surface area contributed by atoms with Crippen molar-refractivity contribution in [1.82, 2.24) is 9.55 Å². The average Bonchev–Trinajstić information content (AvgIpc) is 2.74. The molecule has 0 aliphatic rings. The van der Waals surface area contributed by atoms with Crippen LogP contribution in [0, 0.1) is 6.92 Å². The molecule has 110 valence electrons. The molecule has 0 radical (unpaired) electrons. The minimum absolute atomic E-state index is 0.726. The number of imidazole rings is 1. The number of unbranched alkanes of at least 4 members (excludes halogenated alkanes) is 1. The zero-order valence-corrected chi connectivity index (χ0v) is 12.4. The Balaban J connectivity index is 2.27. The van der Waals surface area contributed by atoms with Gasteiger partial charge in [-0.3, -0.25) is 0 Å². The first-order chi connectivity index (χ1) is 9.27. The van der Waals surface area contributed by atoms with Gasteiger partial charge in [0.1, 0.15) is 0 Å². The lowest BCUT2D eigenvalue weighted by molar-refractivity contribution is 0.141. The molecule has 0 aromatic carbocycles. The van der Waals surface area contributed by atoms with Crippen molar-refractivity contribution in [3.8, 4) is 0 Å². The van der Waals surface area contributed by atoms with Crippen LogP contribution in [0.2, 0.25) is 0 Å². The Morgan fingerprint density at radius 1 is 1.26 bits per heavy atom. The summed E-state index contributed by atoms with van der Waals surface area (Å²) < 4.78 is 12.7. The highest BCUT2D eigenvalue weighted by atomic mass is 16.5. The first-order valence-corrected chi connectivity index (χ1v) is 7.12. The van der Waals surface area contributed by atoms with Gasteiger partial charge >= 0.3 is 0 Å². The van der Waals surface area contributed by atoms with E-state index in [-0.39, 0.29) is 0 Å². The smallest absolute Gasteiger partial charge is 0.203 e. The molecule has 0 bridgehead atoms. The van der Waals surface area contributed by atoms with Crippen LogP contribution < -0.4 is 5.32 Å². The molecule has 5 nitrogen and oxygen atoms in total. The summed E-state index contributed by atoms with van der Waals surface area (Å²) in [6, 6.07) is 0. The highest BCUT2D eigenvalue weighted by Crippen LogP contribution is 2.09. The molecule has 5 heteroatoms. The molecule has 0 saturated heterocycles. The second-order valence-electron chi connectivity index (χ2n) is 4.64. The zero-order chi connectivity index (χ0) is 13.9. The summed E-state index contributed by atoms with van der Waals surface area (Å²) in [7, 11) is 1.73. The molecular formula is C14H27N3O2. The molecule has 0 aliphatic carbocycles. The Kier molecular flexibility index (Phi) is 8.25. The average molecular weight is 269 g/mol. The van der Waals surface area contributed by atoms with Crippen molar-refractivity contribution in [2.75, 3.05) is 38.8 Å². The number of ether oxygens (including phenoxy) is 2. The van der Waals surface area contributed by atoms with E-state index in [0.717, 1.165) is 57.4 Å². The first-order valence-electron chi connectivity index (χ1n) is 7.12. The molecule has 0 amide bonds. The van der Waals surface area contributed by atoms with Crippen LogP contribution in [0.4, 0.5) is 5.95 Å². The minimum atomic E-state index is 0.726. The highest BCUT2D eigenvalue weighted by Gasteiger charge is 2.04. The van der Waals surface area contributed by atoms with Crippen molar-refractivity contribution in [3.05, 3.63) is 11.9 Å². The molecule has 1 N–H and O–H groups in total. The Bertz CT molecular complexity index is 339. The van der Waals surface area contributed by atoms with Gasteiger partial charge < -0.3 is 19.4 Å². The van der Waals surface area contributed by atoms with Crippen LogP contribution in [-0.4, -0.2) is 43.0 Å². The summed E-state index contributed by atoms with van der Waals surface area (Å²) in [5.74, 6) is 0.924. The van der Waals surface area contributed by atoms with Crippen molar-refractivity contribution in [2.45, 2.75) is 39.7 Å². The Morgan fingerprint density at radius 3 is 2.84 bits per heavy atom. The molecule has 1 aromatic heterocycles. The molecule has 1 heterocycles. The van der Waals surface area contributed by atoms with E-state index >= 15 is 0 Å². The Morgan fingerprint density at radius 2 is 2.11 bits per heavy atom. The lowest BCUT2D eigenvalue weighted by Crippen LogP contribution is -2.14. The summed E-state index contributed by atoms with van der Waals surface area (Å²) >= 11 is 0. The van der Waals surface area contributed by atoms with Crippen LogP contribution in [0.1, 0.15) is 31.9 Å². The fourth-order valence-electron chi connectivity index (χ4n) is 1.82. The van der Waals surface area contributed by atoms with Gasteiger partial charge in [-0.2, -0.15) is 0 Å². The third-order valence-corrected chi connectivity index (χ3v) is 2.82. The van der Waals surface area contributed by atoms with Crippen LogP contribution in [0.15, 0.2) is 6.20 Å². The number of aryl methyl sites for hydroxylation is 2. The normalized spacial score (nSPS) is 10.9. The van der Waals surface area contributed by atoms with Gasteiger partial charge in [0.15, 0.2) is 0 Å². The SMILES string of the molecule is CCCCOCCNc1nc(C)cn1CCCOC. The van der Waals surface area contributed by atoms with Crippen molar-refractivity contribution < 1.29 is 9.47 Å². The van der Waals surface area contributed by atoms with E-state index in [2.05, 4.69) is 28.0 Å². The highest BCUT2D eigenvalue weighted by molar-refractivity contribution is 5.28. The van der Waals surface area contributed by atoms with Crippen LogP contribution in [-0.2, 0) is 16.0 Å². The largest absolute Gasteiger partial charge is 0.385 e. The van der Waals surface area contributed by atoms with Gasteiger partial charge in [-0.05, 0) is 19.8 Å². The third-order valence-electron chi connectivity index (χ3n) is 2.82. The molecule has 1 aromatic rings. The molecule has 19 heavy (non-hydrogen) atoms. The molecule has 0 aliphatic heterocycles. The predicted octanol–water partition coefficient (Wildman–Crippen LogP) is 2.46. The summed E-state index contributed by atoms with van der Waals surface area (Å²) in [6.07, 6.45) is 5.37. The quantitative estimate of drug-likeness (QED) is 0.627. The number of nitrogens with zero attached hydrogens (tertiary/aromatic N) is 2. The van der Waals surface area contributed by atoms with E-state index < -0.39 is 0 Å². The van der Waals surface area contributed by atoms with Gasteiger partial charge in [0.05, 0.1) is 12.3 Å². The second-order valence-corrected chi connectivity index (χ2v) is 4.64. The van der Waals surface area contributed by atoms with Gasteiger partial charge in [-0.25, -0.2) is 4.98 Å². The number of rotatable bonds is 11. The van der Waals surface area contributed by atoms with Crippen molar-refractivity contribution in [3.63, 3.8) is 0 Å². The van der Waals surface area contributed by atoms with Crippen LogP contribution >= 0.6 is 0 Å². The monoisotopic (exact) mass is 269 g/mol. The Hall–Kier alpha value is -1.07. The summed E-state index contributed by atoms with van der Waals surface area (Å²) in [5, 5.41) is 3.32. The number of anilines is 1. The van der Waals surface area contributed by atoms with E-state index in [9.17, 15) is 0 Å². The lowest BCUT2D eigenvalue weighted by Gasteiger charge is -2.09. The molecule has 0 saturated carbocycles. The minimum Gasteiger partial charge on any atom is -0.385 e. The fraction of sp³-hybridized carbons (Fsp3) is 0.786. The van der Waals surface area contributed by atoms with Crippen LogP contribution in [0.25, 0.3) is 0 Å².